The van der Waals surface area contributed by atoms with Crippen molar-refractivity contribution in [2.24, 2.45) is 7.05 Å². The fraction of sp³-hybridized carbons (Fsp3) is 0.167. The van der Waals surface area contributed by atoms with Crippen LogP contribution in [0.5, 0.6) is 0 Å². The van der Waals surface area contributed by atoms with E-state index in [1.807, 2.05) is 61.9 Å². The van der Waals surface area contributed by atoms with Crippen molar-refractivity contribution in [1.82, 2.24) is 4.57 Å². The van der Waals surface area contributed by atoms with Crippen LogP contribution in [0.3, 0.4) is 0 Å². The second-order valence-corrected chi connectivity index (χ2v) is 6.30. The fourth-order valence-electron chi connectivity index (χ4n) is 2.73. The predicted molar refractivity (Wildman–Crippen MR) is 94.5 cm³/mol. The Morgan fingerprint density at radius 3 is 2.55 bits per heavy atom. The maximum absolute atomic E-state index is 12.7. The van der Waals surface area contributed by atoms with Gasteiger partial charge in [0.2, 0.25) is 0 Å². The topological polar surface area (TPSA) is 34.0 Å². The zero-order chi connectivity index (χ0) is 15.9. The van der Waals surface area contributed by atoms with E-state index >= 15 is 0 Å². The lowest BCUT2D eigenvalue weighted by molar-refractivity contribution is 0.101. The largest absolute Gasteiger partial charge is 0.339 e. The van der Waals surface area contributed by atoms with Crippen molar-refractivity contribution in [2.75, 3.05) is 5.32 Å². The zero-order valence-corrected chi connectivity index (χ0v) is 14.4. The highest BCUT2D eigenvalue weighted by Gasteiger charge is 2.19. The van der Waals surface area contributed by atoms with Crippen molar-refractivity contribution >= 4 is 38.4 Å². The van der Waals surface area contributed by atoms with E-state index in [1.165, 1.54) is 5.56 Å². The van der Waals surface area contributed by atoms with Crippen LogP contribution < -0.4 is 5.32 Å². The molecule has 112 valence electrons. The Morgan fingerprint density at radius 1 is 1.14 bits per heavy atom. The second kappa shape index (κ2) is 5.61. The van der Waals surface area contributed by atoms with Gasteiger partial charge in [0.15, 0.2) is 0 Å². The van der Waals surface area contributed by atoms with Gasteiger partial charge in [-0.25, -0.2) is 0 Å². The minimum absolute atomic E-state index is 0.113. The first kappa shape index (κ1) is 14.9. The number of aryl methyl sites for hydroxylation is 3. The average molecular weight is 357 g/mol. The van der Waals surface area contributed by atoms with E-state index < -0.39 is 0 Å². The number of rotatable bonds is 2. The molecule has 22 heavy (non-hydrogen) atoms. The molecule has 0 radical (unpaired) electrons. The third kappa shape index (κ3) is 2.44. The number of nitrogens with one attached hydrogen (secondary N) is 1. The first-order valence-electron chi connectivity index (χ1n) is 7.10. The van der Waals surface area contributed by atoms with Gasteiger partial charge in [0.05, 0.1) is 4.47 Å². The first-order chi connectivity index (χ1) is 10.5. The number of aromatic nitrogens is 1. The average Bonchev–Trinajstić information content (AvgIpc) is 2.74. The van der Waals surface area contributed by atoms with Crippen LogP contribution in [0, 0.1) is 13.8 Å². The molecule has 1 amide bonds. The lowest BCUT2D eigenvalue weighted by Crippen LogP contribution is -2.16. The summed E-state index contributed by atoms with van der Waals surface area (Å²) in [4.78, 5) is 12.7. The van der Waals surface area contributed by atoms with Gasteiger partial charge in [0.1, 0.15) is 5.69 Å². The van der Waals surface area contributed by atoms with Crippen LogP contribution in [0.4, 0.5) is 5.69 Å². The lowest BCUT2D eigenvalue weighted by Gasteiger charge is -2.10. The summed E-state index contributed by atoms with van der Waals surface area (Å²) in [5.74, 6) is -0.113. The Hall–Kier alpha value is -2.07. The van der Waals surface area contributed by atoms with Crippen LogP contribution in [0.15, 0.2) is 46.9 Å². The quantitative estimate of drug-likeness (QED) is 0.702. The molecule has 0 aliphatic rings. The Labute approximate surface area is 138 Å². The first-order valence-corrected chi connectivity index (χ1v) is 7.90. The van der Waals surface area contributed by atoms with Crippen LogP contribution in [-0.4, -0.2) is 10.5 Å². The van der Waals surface area contributed by atoms with Gasteiger partial charge >= 0.3 is 0 Å². The lowest BCUT2D eigenvalue weighted by atomic mass is 10.1. The van der Waals surface area contributed by atoms with Crippen molar-refractivity contribution in [2.45, 2.75) is 13.8 Å². The monoisotopic (exact) mass is 356 g/mol. The minimum Gasteiger partial charge on any atom is -0.339 e. The third-order valence-electron chi connectivity index (χ3n) is 3.89. The molecule has 1 heterocycles. The number of nitrogens with zero attached hydrogens (tertiary/aromatic N) is 1. The van der Waals surface area contributed by atoms with Gasteiger partial charge in [-0.15, -0.1) is 0 Å². The summed E-state index contributed by atoms with van der Waals surface area (Å²) in [7, 11) is 1.91. The van der Waals surface area contributed by atoms with Gasteiger partial charge < -0.3 is 9.88 Å². The number of carbonyl (C=O) groups is 1. The summed E-state index contributed by atoms with van der Waals surface area (Å²) < 4.78 is 2.74. The molecule has 0 saturated carbocycles. The van der Waals surface area contributed by atoms with E-state index in [4.69, 9.17) is 0 Å². The van der Waals surface area contributed by atoms with Gasteiger partial charge in [0, 0.05) is 23.6 Å². The third-order valence-corrected chi connectivity index (χ3v) is 4.69. The van der Waals surface area contributed by atoms with E-state index in [2.05, 4.69) is 27.3 Å². The summed E-state index contributed by atoms with van der Waals surface area (Å²) in [6.45, 7) is 4.04. The van der Waals surface area contributed by atoms with E-state index in [-0.39, 0.29) is 5.91 Å². The highest BCUT2D eigenvalue weighted by molar-refractivity contribution is 9.10. The van der Waals surface area contributed by atoms with Crippen molar-refractivity contribution in [1.29, 1.82) is 0 Å². The van der Waals surface area contributed by atoms with Crippen molar-refractivity contribution < 1.29 is 4.79 Å². The molecule has 0 bridgehead atoms. The molecule has 4 heteroatoms. The number of amides is 1. The standard InChI is InChI=1S/C18H17BrN2O/c1-11-8-9-14(12(2)10-11)20-18(22)17-16(19)13-6-4-5-7-15(13)21(17)3/h4-10H,1-3H3,(H,20,22). The number of para-hydroxylation sites is 1. The van der Waals surface area contributed by atoms with Crippen molar-refractivity contribution in [3.8, 4) is 0 Å². The molecule has 1 aromatic heterocycles. The molecule has 0 unspecified atom stereocenters. The minimum atomic E-state index is -0.113. The fourth-order valence-corrected chi connectivity index (χ4v) is 3.52. The van der Waals surface area contributed by atoms with Crippen LogP contribution in [-0.2, 0) is 7.05 Å². The Bertz CT molecular complexity index is 841. The number of benzene rings is 2. The maximum atomic E-state index is 12.7. The van der Waals surface area contributed by atoms with E-state index in [1.54, 1.807) is 0 Å². The van der Waals surface area contributed by atoms with Gasteiger partial charge in [-0.1, -0.05) is 35.9 Å². The van der Waals surface area contributed by atoms with Crippen LogP contribution in [0.1, 0.15) is 21.6 Å². The zero-order valence-electron chi connectivity index (χ0n) is 12.8. The molecule has 3 aromatic rings. The summed E-state index contributed by atoms with van der Waals surface area (Å²) >= 11 is 3.57. The molecular weight excluding hydrogens is 340 g/mol. The molecule has 3 nitrogen and oxygen atoms in total. The smallest absolute Gasteiger partial charge is 0.273 e. The van der Waals surface area contributed by atoms with E-state index in [0.29, 0.717) is 5.69 Å². The van der Waals surface area contributed by atoms with E-state index in [0.717, 1.165) is 26.6 Å². The number of carbonyl (C=O) groups excluding carboxylic acids is 1. The molecule has 0 saturated heterocycles. The number of hydrogen-bond acceptors (Lipinski definition) is 1. The number of hydrogen-bond donors (Lipinski definition) is 1. The molecule has 0 spiro atoms. The van der Waals surface area contributed by atoms with Gasteiger partial charge in [-0.05, 0) is 47.5 Å². The molecule has 0 atom stereocenters. The Balaban J connectivity index is 2.02. The normalized spacial score (nSPS) is 10.9. The molecule has 0 aliphatic carbocycles. The second-order valence-electron chi connectivity index (χ2n) is 5.51. The van der Waals surface area contributed by atoms with Crippen LogP contribution >= 0.6 is 15.9 Å². The number of anilines is 1. The van der Waals surface area contributed by atoms with Crippen molar-refractivity contribution in [3.63, 3.8) is 0 Å². The number of fused-ring (bicyclic) bond motifs is 1. The van der Waals surface area contributed by atoms with Gasteiger partial charge in [-0.3, -0.25) is 4.79 Å². The highest BCUT2D eigenvalue weighted by atomic mass is 79.9. The van der Waals surface area contributed by atoms with Crippen molar-refractivity contribution in [3.05, 3.63) is 63.8 Å². The highest BCUT2D eigenvalue weighted by Crippen LogP contribution is 2.31. The summed E-state index contributed by atoms with van der Waals surface area (Å²) in [6.07, 6.45) is 0. The molecular formula is C18H17BrN2O. The molecule has 0 fully saturated rings. The maximum Gasteiger partial charge on any atom is 0.273 e. The Morgan fingerprint density at radius 2 is 1.86 bits per heavy atom. The molecule has 1 N–H and O–H groups in total. The van der Waals surface area contributed by atoms with E-state index in [9.17, 15) is 4.79 Å². The summed E-state index contributed by atoms with van der Waals surface area (Å²) in [5, 5.41) is 4.04. The predicted octanol–water partition coefficient (Wildman–Crippen LogP) is 4.81. The molecule has 2 aromatic carbocycles. The van der Waals surface area contributed by atoms with Crippen LogP contribution in [0.25, 0.3) is 10.9 Å². The number of halogens is 1. The summed E-state index contributed by atoms with van der Waals surface area (Å²) in [5.41, 5.74) is 4.73. The van der Waals surface area contributed by atoms with Gasteiger partial charge in [0.25, 0.3) is 5.91 Å². The Kier molecular flexibility index (Phi) is 3.79. The summed E-state index contributed by atoms with van der Waals surface area (Å²) in [6, 6.07) is 14.0. The molecule has 0 aliphatic heterocycles. The SMILES string of the molecule is Cc1ccc(NC(=O)c2c(Br)c3ccccc3n2C)c(C)c1. The van der Waals surface area contributed by atoms with Gasteiger partial charge in [-0.2, -0.15) is 0 Å². The molecule has 3 rings (SSSR count). The van der Waals surface area contributed by atoms with Crippen LogP contribution in [0.2, 0.25) is 0 Å².